The van der Waals surface area contributed by atoms with Crippen LogP contribution in [0.25, 0.3) is 28.3 Å². The molecule has 33 heavy (non-hydrogen) atoms. The van der Waals surface area contributed by atoms with Gasteiger partial charge in [0, 0.05) is 17.1 Å². The summed E-state index contributed by atoms with van der Waals surface area (Å²) in [5.74, 6) is 1.46. The first-order chi connectivity index (χ1) is 16.0. The lowest BCUT2D eigenvalue weighted by Crippen LogP contribution is -2.26. The van der Waals surface area contributed by atoms with Gasteiger partial charge >= 0.3 is 0 Å². The number of aromatic nitrogens is 5. The second-order valence-corrected chi connectivity index (χ2v) is 8.27. The summed E-state index contributed by atoms with van der Waals surface area (Å²) in [5.41, 5.74) is 2.92. The van der Waals surface area contributed by atoms with Crippen molar-refractivity contribution < 1.29 is 4.42 Å². The van der Waals surface area contributed by atoms with Crippen molar-refractivity contribution >= 4 is 22.8 Å². The third-order valence-electron chi connectivity index (χ3n) is 5.74. The molecule has 3 heterocycles. The number of aryl methyl sites for hydroxylation is 2. The number of imidazole rings is 1. The fraction of sp³-hybridized carbons (Fsp3) is 0.200. The topological polar surface area (TPSA) is 78.7 Å². The van der Waals surface area contributed by atoms with Crippen LogP contribution in [0.2, 0.25) is 5.02 Å². The van der Waals surface area contributed by atoms with Crippen molar-refractivity contribution in [2.75, 3.05) is 0 Å². The van der Waals surface area contributed by atoms with E-state index in [9.17, 15) is 4.79 Å². The van der Waals surface area contributed by atoms with E-state index < -0.39 is 0 Å². The molecule has 0 saturated heterocycles. The Morgan fingerprint density at radius 3 is 2.48 bits per heavy atom. The summed E-state index contributed by atoms with van der Waals surface area (Å²) in [6.45, 7) is 6.50. The molecule has 0 saturated carbocycles. The van der Waals surface area contributed by atoms with Crippen LogP contribution in [0.15, 0.2) is 70.1 Å². The van der Waals surface area contributed by atoms with Crippen LogP contribution in [0, 0.1) is 6.92 Å². The molecule has 0 N–H and O–H groups in total. The zero-order valence-corrected chi connectivity index (χ0v) is 19.2. The Kier molecular flexibility index (Phi) is 5.34. The molecule has 0 aliphatic carbocycles. The number of halogens is 1. The zero-order valence-electron chi connectivity index (χ0n) is 18.5. The van der Waals surface area contributed by atoms with Crippen LogP contribution >= 0.6 is 11.6 Å². The van der Waals surface area contributed by atoms with Gasteiger partial charge in [0.05, 0.1) is 23.6 Å². The Morgan fingerprint density at radius 2 is 1.79 bits per heavy atom. The van der Waals surface area contributed by atoms with Gasteiger partial charge in [-0.05, 0) is 57.2 Å². The van der Waals surface area contributed by atoms with Gasteiger partial charge in [0.15, 0.2) is 11.2 Å². The van der Waals surface area contributed by atoms with Crippen LogP contribution in [0.5, 0.6) is 0 Å². The molecule has 8 heteroatoms. The molecule has 0 spiro atoms. The predicted octanol–water partition coefficient (Wildman–Crippen LogP) is 5.37. The fourth-order valence-electron chi connectivity index (χ4n) is 4.01. The van der Waals surface area contributed by atoms with Crippen LogP contribution in [-0.4, -0.2) is 24.1 Å². The lowest BCUT2D eigenvalue weighted by Gasteiger charge is -2.17. The summed E-state index contributed by atoms with van der Waals surface area (Å²) >= 11 is 6.09. The van der Waals surface area contributed by atoms with E-state index in [1.165, 1.54) is 0 Å². The summed E-state index contributed by atoms with van der Waals surface area (Å²) in [7, 11) is 0. The van der Waals surface area contributed by atoms with E-state index in [1.807, 2.05) is 55.7 Å². The second kappa shape index (κ2) is 8.33. The molecule has 1 unspecified atom stereocenters. The lowest BCUT2D eigenvalue weighted by atomic mass is 10.0. The first-order valence-corrected chi connectivity index (χ1v) is 11.1. The maximum Gasteiger partial charge on any atom is 0.286 e. The maximum atomic E-state index is 13.6. The average molecular weight is 460 g/mol. The molecule has 1 atom stereocenters. The van der Waals surface area contributed by atoms with E-state index >= 15 is 0 Å². The smallest absolute Gasteiger partial charge is 0.286 e. The quantitative estimate of drug-likeness (QED) is 0.353. The molecular formula is C25H22ClN5O2. The number of fused-ring (bicyclic) bond motifs is 1. The largest absolute Gasteiger partial charge is 0.441 e. The molecule has 0 aliphatic rings. The zero-order chi connectivity index (χ0) is 23.1. The highest BCUT2D eigenvalue weighted by atomic mass is 35.5. The molecule has 7 nitrogen and oxygen atoms in total. The van der Waals surface area contributed by atoms with Gasteiger partial charge in [-0.1, -0.05) is 29.8 Å². The Labute approximate surface area is 195 Å². The van der Waals surface area contributed by atoms with Gasteiger partial charge in [-0.3, -0.25) is 9.36 Å². The van der Waals surface area contributed by atoms with E-state index in [2.05, 4.69) is 4.98 Å². The van der Waals surface area contributed by atoms with Gasteiger partial charge in [-0.15, -0.1) is 0 Å². The molecular weight excluding hydrogens is 438 g/mol. The second-order valence-electron chi connectivity index (χ2n) is 7.84. The number of benzene rings is 2. The first kappa shape index (κ1) is 21.2. The van der Waals surface area contributed by atoms with Crippen molar-refractivity contribution in [3.8, 4) is 17.1 Å². The molecule has 2 aromatic carbocycles. The Bertz CT molecular complexity index is 1500. The molecule has 0 amide bonds. The Hall–Kier alpha value is -3.71. The summed E-state index contributed by atoms with van der Waals surface area (Å²) in [6, 6.07) is 16.8. The molecule has 0 aliphatic heterocycles. The molecule has 0 fully saturated rings. The van der Waals surface area contributed by atoms with Crippen LogP contribution < -0.4 is 5.56 Å². The average Bonchev–Trinajstić information content (AvgIpc) is 3.43. The fourth-order valence-corrected chi connectivity index (χ4v) is 4.14. The number of hydrogen-bond acceptors (Lipinski definition) is 5. The molecule has 3 aromatic heterocycles. The van der Waals surface area contributed by atoms with Gasteiger partial charge in [0.2, 0.25) is 5.89 Å². The molecule has 166 valence electrons. The van der Waals surface area contributed by atoms with Crippen molar-refractivity contribution in [2.24, 2.45) is 0 Å². The predicted molar refractivity (Wildman–Crippen MR) is 128 cm³/mol. The van der Waals surface area contributed by atoms with Crippen molar-refractivity contribution in [2.45, 2.75) is 33.2 Å². The van der Waals surface area contributed by atoms with Crippen LogP contribution in [0.1, 0.15) is 37.0 Å². The highest BCUT2D eigenvalue weighted by Crippen LogP contribution is 2.30. The van der Waals surface area contributed by atoms with Crippen molar-refractivity contribution in [3.63, 3.8) is 0 Å². The molecule has 0 bridgehead atoms. The Morgan fingerprint density at radius 1 is 1.06 bits per heavy atom. The summed E-state index contributed by atoms with van der Waals surface area (Å²) in [5, 5.41) is 0.588. The molecule has 5 rings (SSSR count). The third kappa shape index (κ3) is 3.64. The van der Waals surface area contributed by atoms with E-state index in [4.69, 9.17) is 26.0 Å². The normalized spacial score (nSPS) is 12.4. The molecule has 5 aromatic rings. The number of oxazole rings is 1. The first-order valence-electron chi connectivity index (χ1n) is 10.7. The summed E-state index contributed by atoms with van der Waals surface area (Å²) in [6.07, 6.45) is 1.65. The van der Waals surface area contributed by atoms with E-state index in [0.29, 0.717) is 45.9 Å². The monoisotopic (exact) mass is 459 g/mol. The standard InChI is InChI=1S/C25H22ClN5O2/c1-4-30-14-27-21-23(30)29-22(31(25(21)32)19-12-10-18(26)11-13-19)15(2)20-16(3)33-24(28-20)17-8-6-5-7-9-17/h5-15H,4H2,1-3H3. The van der Waals surface area contributed by atoms with Crippen molar-refractivity contribution in [1.82, 2.24) is 24.1 Å². The summed E-state index contributed by atoms with van der Waals surface area (Å²) < 4.78 is 9.45. The number of nitrogens with zero attached hydrogens (tertiary/aromatic N) is 5. The SMILES string of the molecule is CCn1cnc2c(=O)n(-c3ccc(Cl)cc3)c(C(C)c3nc(-c4ccccc4)oc3C)nc21. The van der Waals surface area contributed by atoms with Gasteiger partial charge in [-0.25, -0.2) is 15.0 Å². The minimum atomic E-state index is -0.320. The minimum absolute atomic E-state index is 0.235. The molecule has 0 radical (unpaired) electrons. The number of hydrogen-bond donors (Lipinski definition) is 0. The maximum absolute atomic E-state index is 13.6. The minimum Gasteiger partial charge on any atom is -0.441 e. The summed E-state index contributed by atoms with van der Waals surface area (Å²) in [4.78, 5) is 27.6. The van der Waals surface area contributed by atoms with Crippen LogP contribution in [0.3, 0.4) is 0 Å². The lowest BCUT2D eigenvalue weighted by molar-refractivity contribution is 0.537. The van der Waals surface area contributed by atoms with Gasteiger partial charge in [0.1, 0.15) is 11.6 Å². The van der Waals surface area contributed by atoms with E-state index in [1.54, 1.807) is 35.2 Å². The number of rotatable bonds is 5. The highest BCUT2D eigenvalue weighted by Gasteiger charge is 2.26. The van der Waals surface area contributed by atoms with Crippen LogP contribution in [-0.2, 0) is 6.54 Å². The van der Waals surface area contributed by atoms with Gasteiger partial charge in [0.25, 0.3) is 5.56 Å². The van der Waals surface area contributed by atoms with Crippen LogP contribution in [0.4, 0.5) is 0 Å². The van der Waals surface area contributed by atoms with Crippen molar-refractivity contribution in [3.05, 3.63) is 93.6 Å². The van der Waals surface area contributed by atoms with E-state index in [0.717, 1.165) is 11.3 Å². The third-order valence-corrected chi connectivity index (χ3v) is 5.99. The van der Waals surface area contributed by atoms with E-state index in [-0.39, 0.29) is 11.5 Å². The Balaban J connectivity index is 1.73. The van der Waals surface area contributed by atoms with Gasteiger partial charge in [-0.2, -0.15) is 0 Å². The van der Waals surface area contributed by atoms with Gasteiger partial charge < -0.3 is 8.98 Å². The highest BCUT2D eigenvalue weighted by molar-refractivity contribution is 6.30. The van der Waals surface area contributed by atoms with Crippen molar-refractivity contribution in [1.29, 1.82) is 0 Å².